The zero-order valence-corrected chi connectivity index (χ0v) is 14.2. The molecule has 3 aromatic carbocycles. The Balaban J connectivity index is 1.49. The Morgan fingerprint density at radius 1 is 0.963 bits per heavy atom. The summed E-state index contributed by atoms with van der Waals surface area (Å²) in [6.07, 6.45) is 1.41. The third-order valence-electron chi connectivity index (χ3n) is 4.13. The average Bonchev–Trinajstić information content (AvgIpc) is 3.16. The van der Waals surface area contributed by atoms with Gasteiger partial charge in [-0.3, -0.25) is 4.79 Å². The number of carbonyl (C=O) groups excluding carboxylic acids is 1. The second-order valence-electron chi connectivity index (χ2n) is 5.94. The van der Waals surface area contributed by atoms with Crippen molar-refractivity contribution in [3.63, 3.8) is 0 Å². The summed E-state index contributed by atoms with van der Waals surface area (Å²) in [5.41, 5.74) is 3.69. The van der Waals surface area contributed by atoms with Gasteiger partial charge in [0, 0.05) is 11.1 Å². The smallest absolute Gasteiger partial charge is 0.271 e. The van der Waals surface area contributed by atoms with E-state index in [0.717, 1.165) is 10.8 Å². The van der Waals surface area contributed by atoms with Crippen molar-refractivity contribution in [2.75, 3.05) is 0 Å². The minimum atomic E-state index is -0.332. The van der Waals surface area contributed by atoms with Crippen LogP contribution in [0.5, 0.6) is 0 Å². The molecule has 0 saturated heterocycles. The maximum absolute atomic E-state index is 13.3. The number of nitrogens with zero attached hydrogens (tertiary/aromatic N) is 1. The lowest BCUT2D eigenvalue weighted by Crippen LogP contribution is -2.17. The number of furan rings is 1. The lowest BCUT2D eigenvalue weighted by molar-refractivity contribution is 0.0957. The summed E-state index contributed by atoms with van der Waals surface area (Å²) in [4.78, 5) is 12.4. The van der Waals surface area contributed by atoms with Gasteiger partial charge in [-0.25, -0.2) is 9.82 Å². The first-order valence-electron chi connectivity index (χ1n) is 8.38. The van der Waals surface area contributed by atoms with Crippen LogP contribution in [0.15, 0.2) is 88.4 Å². The number of amides is 1. The fourth-order valence-electron chi connectivity index (χ4n) is 2.86. The van der Waals surface area contributed by atoms with Crippen LogP contribution in [0.25, 0.3) is 22.1 Å². The number of nitrogens with one attached hydrogen (secondary N) is 1. The number of fused-ring (bicyclic) bond motifs is 1. The zero-order chi connectivity index (χ0) is 18.6. The summed E-state index contributed by atoms with van der Waals surface area (Å²) in [5.74, 6) is 0.338. The van der Waals surface area contributed by atoms with Crippen molar-refractivity contribution in [2.45, 2.75) is 0 Å². The summed E-state index contributed by atoms with van der Waals surface area (Å²) in [7, 11) is 0. The highest BCUT2D eigenvalue weighted by Gasteiger charge is 2.09. The highest BCUT2D eigenvalue weighted by molar-refractivity contribution is 6.07. The molecule has 1 aromatic heterocycles. The van der Waals surface area contributed by atoms with Crippen molar-refractivity contribution in [3.05, 3.63) is 96.0 Å². The van der Waals surface area contributed by atoms with Crippen LogP contribution in [-0.2, 0) is 0 Å². The fourth-order valence-corrected chi connectivity index (χ4v) is 2.86. The van der Waals surface area contributed by atoms with E-state index in [1.807, 2.05) is 36.4 Å². The predicted molar refractivity (Wildman–Crippen MR) is 103 cm³/mol. The molecule has 0 aliphatic carbocycles. The van der Waals surface area contributed by atoms with Gasteiger partial charge in [0.1, 0.15) is 17.3 Å². The van der Waals surface area contributed by atoms with Crippen LogP contribution >= 0.6 is 0 Å². The molecule has 4 aromatic rings. The number of hydrazone groups is 1. The van der Waals surface area contributed by atoms with Crippen molar-refractivity contribution in [2.24, 2.45) is 5.10 Å². The lowest BCUT2D eigenvalue weighted by atomic mass is 10.0. The Kier molecular flexibility index (Phi) is 4.49. The monoisotopic (exact) mass is 358 g/mol. The van der Waals surface area contributed by atoms with E-state index in [-0.39, 0.29) is 11.7 Å². The first-order valence-corrected chi connectivity index (χ1v) is 8.38. The van der Waals surface area contributed by atoms with Gasteiger partial charge in [-0.15, -0.1) is 0 Å². The highest BCUT2D eigenvalue weighted by atomic mass is 19.1. The van der Waals surface area contributed by atoms with Crippen LogP contribution in [0, 0.1) is 5.82 Å². The number of carbonyl (C=O) groups is 1. The maximum atomic E-state index is 13.3. The minimum absolute atomic E-state index is 0.306. The van der Waals surface area contributed by atoms with E-state index < -0.39 is 0 Å². The van der Waals surface area contributed by atoms with E-state index in [9.17, 15) is 9.18 Å². The molecule has 0 aliphatic heterocycles. The summed E-state index contributed by atoms with van der Waals surface area (Å²) in [6.45, 7) is 0. The Morgan fingerprint density at radius 2 is 1.78 bits per heavy atom. The average molecular weight is 358 g/mol. The van der Waals surface area contributed by atoms with Gasteiger partial charge in [-0.05, 0) is 41.1 Å². The molecule has 0 radical (unpaired) electrons. The van der Waals surface area contributed by atoms with Crippen LogP contribution in [0.1, 0.15) is 16.1 Å². The van der Waals surface area contributed by atoms with Crippen molar-refractivity contribution >= 4 is 22.9 Å². The van der Waals surface area contributed by atoms with E-state index in [4.69, 9.17) is 4.42 Å². The topological polar surface area (TPSA) is 54.6 Å². The summed E-state index contributed by atoms with van der Waals surface area (Å²) >= 11 is 0. The Labute approximate surface area is 154 Å². The number of benzene rings is 3. The molecule has 0 fully saturated rings. The molecule has 4 rings (SSSR count). The Morgan fingerprint density at radius 3 is 2.67 bits per heavy atom. The normalized spacial score (nSPS) is 11.1. The minimum Gasteiger partial charge on any atom is -0.455 e. The molecule has 0 unspecified atom stereocenters. The van der Waals surface area contributed by atoms with Gasteiger partial charge in [-0.1, -0.05) is 48.5 Å². The molecule has 0 saturated carbocycles. The standard InChI is InChI=1S/C22H15FN2O2/c23-17-8-3-7-16(13-17)21-12-11-18(27-21)14-24-25-22(26)20-10-4-6-15-5-1-2-9-19(15)20/h1-14H,(H,25,26)/b24-14-. The largest absolute Gasteiger partial charge is 0.455 e. The van der Waals surface area contributed by atoms with Gasteiger partial charge in [0.15, 0.2) is 0 Å². The van der Waals surface area contributed by atoms with E-state index in [1.54, 1.807) is 30.3 Å². The molecule has 0 aliphatic rings. The van der Waals surface area contributed by atoms with Gasteiger partial charge in [0.2, 0.25) is 0 Å². The molecular weight excluding hydrogens is 343 g/mol. The number of halogens is 1. The predicted octanol–water partition coefficient (Wildman–Crippen LogP) is 5.00. The van der Waals surface area contributed by atoms with Crippen LogP contribution in [0.4, 0.5) is 4.39 Å². The van der Waals surface area contributed by atoms with E-state index >= 15 is 0 Å². The van der Waals surface area contributed by atoms with Crippen LogP contribution < -0.4 is 5.43 Å². The van der Waals surface area contributed by atoms with Gasteiger partial charge < -0.3 is 4.42 Å². The molecule has 1 N–H and O–H groups in total. The first kappa shape index (κ1) is 16.7. The van der Waals surface area contributed by atoms with Crippen LogP contribution in [0.3, 0.4) is 0 Å². The van der Waals surface area contributed by atoms with Gasteiger partial charge in [0.25, 0.3) is 5.91 Å². The molecular formula is C22H15FN2O2. The SMILES string of the molecule is O=C(N/N=C\c1ccc(-c2cccc(F)c2)o1)c1cccc2ccccc12. The number of hydrogen-bond acceptors (Lipinski definition) is 3. The van der Waals surface area contributed by atoms with Crippen molar-refractivity contribution in [1.82, 2.24) is 5.43 Å². The third-order valence-corrected chi connectivity index (χ3v) is 4.13. The van der Waals surface area contributed by atoms with Gasteiger partial charge >= 0.3 is 0 Å². The second-order valence-corrected chi connectivity index (χ2v) is 5.94. The maximum Gasteiger partial charge on any atom is 0.271 e. The molecule has 27 heavy (non-hydrogen) atoms. The molecule has 1 heterocycles. The molecule has 0 bridgehead atoms. The molecule has 0 atom stereocenters. The molecule has 0 spiro atoms. The van der Waals surface area contributed by atoms with Crippen LogP contribution in [0.2, 0.25) is 0 Å². The number of rotatable bonds is 4. The highest BCUT2D eigenvalue weighted by Crippen LogP contribution is 2.22. The van der Waals surface area contributed by atoms with Crippen molar-refractivity contribution in [3.8, 4) is 11.3 Å². The first-order chi connectivity index (χ1) is 13.2. The Hall–Kier alpha value is -3.73. The molecule has 132 valence electrons. The lowest BCUT2D eigenvalue weighted by Gasteiger charge is -2.04. The van der Waals surface area contributed by atoms with Gasteiger partial charge in [-0.2, -0.15) is 5.10 Å². The fraction of sp³-hybridized carbons (Fsp3) is 0. The van der Waals surface area contributed by atoms with Crippen LogP contribution in [-0.4, -0.2) is 12.1 Å². The summed E-state index contributed by atoms with van der Waals surface area (Å²) in [5, 5.41) is 5.80. The third kappa shape index (κ3) is 3.62. The summed E-state index contributed by atoms with van der Waals surface area (Å²) in [6, 6.07) is 22.8. The molecule has 4 nitrogen and oxygen atoms in total. The second kappa shape index (κ2) is 7.25. The quantitative estimate of drug-likeness (QED) is 0.412. The zero-order valence-electron chi connectivity index (χ0n) is 14.2. The van der Waals surface area contributed by atoms with Crippen molar-refractivity contribution in [1.29, 1.82) is 0 Å². The van der Waals surface area contributed by atoms with Crippen molar-refractivity contribution < 1.29 is 13.6 Å². The summed E-state index contributed by atoms with van der Waals surface area (Å²) < 4.78 is 18.9. The van der Waals surface area contributed by atoms with E-state index in [0.29, 0.717) is 22.6 Å². The molecule has 1 amide bonds. The Bertz CT molecular complexity index is 1140. The van der Waals surface area contributed by atoms with E-state index in [1.165, 1.54) is 18.3 Å². The number of hydrogen-bond donors (Lipinski definition) is 1. The van der Waals surface area contributed by atoms with Gasteiger partial charge in [0.05, 0.1) is 6.21 Å². The molecule has 5 heteroatoms. The van der Waals surface area contributed by atoms with E-state index in [2.05, 4.69) is 10.5 Å².